The van der Waals surface area contributed by atoms with Crippen LogP contribution in [0.3, 0.4) is 0 Å². The van der Waals surface area contributed by atoms with Crippen molar-refractivity contribution in [1.29, 1.82) is 0 Å². The molecule has 3 heteroatoms. The molecule has 0 saturated heterocycles. The number of para-hydroxylation sites is 1. The zero-order valence-electron chi connectivity index (χ0n) is 12.2. The number of hydrogen-bond acceptors (Lipinski definition) is 3. The van der Waals surface area contributed by atoms with Crippen LogP contribution in [0.4, 0.5) is 0 Å². The first kappa shape index (κ1) is 14.7. The molecular formula is C16H25NOS. The predicted octanol–water partition coefficient (Wildman–Crippen LogP) is 3.95. The van der Waals surface area contributed by atoms with Crippen LogP contribution in [-0.4, -0.2) is 24.9 Å². The molecular weight excluding hydrogens is 254 g/mol. The van der Waals surface area contributed by atoms with Crippen LogP contribution >= 0.6 is 11.8 Å². The quantitative estimate of drug-likeness (QED) is 0.852. The smallest absolute Gasteiger partial charge is 0.132 e. The minimum atomic E-state index is 0.687. The molecule has 1 aliphatic rings. The number of rotatable bonds is 6. The fourth-order valence-electron chi connectivity index (χ4n) is 2.79. The van der Waals surface area contributed by atoms with Crippen LogP contribution in [0.5, 0.6) is 5.75 Å². The summed E-state index contributed by atoms with van der Waals surface area (Å²) in [5.74, 6) is 1.73. The largest absolute Gasteiger partial charge is 0.496 e. The maximum atomic E-state index is 5.45. The Morgan fingerprint density at radius 1 is 1.32 bits per heavy atom. The lowest BCUT2D eigenvalue weighted by Gasteiger charge is -2.22. The van der Waals surface area contributed by atoms with Gasteiger partial charge in [0, 0.05) is 16.2 Å². The first-order valence-corrected chi connectivity index (χ1v) is 8.17. The first-order valence-electron chi connectivity index (χ1n) is 7.29. The van der Waals surface area contributed by atoms with Gasteiger partial charge in [-0.2, -0.15) is 0 Å². The molecule has 0 spiro atoms. The van der Waals surface area contributed by atoms with Crippen LogP contribution in [-0.2, 0) is 0 Å². The Morgan fingerprint density at radius 2 is 2.11 bits per heavy atom. The number of benzene rings is 1. The van der Waals surface area contributed by atoms with Crippen LogP contribution < -0.4 is 10.1 Å². The van der Waals surface area contributed by atoms with Crippen molar-refractivity contribution in [2.45, 2.75) is 49.3 Å². The summed E-state index contributed by atoms with van der Waals surface area (Å²) in [6.07, 6.45) is 3.81. The summed E-state index contributed by atoms with van der Waals surface area (Å²) in [6, 6.07) is 9.04. The Hall–Kier alpha value is -0.670. The standard InChI is InChI=1S/C16H25NOS/c1-4-11-17-13-9-10-15(12(13)2)19-16-8-6-5-7-14(16)18-3/h5-8,12-13,15,17H,4,9-11H2,1-3H3. The summed E-state index contributed by atoms with van der Waals surface area (Å²) in [6.45, 7) is 5.75. The average molecular weight is 279 g/mol. The van der Waals surface area contributed by atoms with Crippen LogP contribution in [0.25, 0.3) is 0 Å². The van der Waals surface area contributed by atoms with Crippen molar-refractivity contribution in [3.8, 4) is 5.75 Å². The molecule has 2 nitrogen and oxygen atoms in total. The van der Waals surface area contributed by atoms with Gasteiger partial charge in [-0.15, -0.1) is 11.8 Å². The summed E-state index contributed by atoms with van der Waals surface area (Å²) in [5, 5.41) is 4.38. The highest BCUT2D eigenvalue weighted by Crippen LogP contribution is 2.41. The SMILES string of the molecule is CCCNC1CCC(Sc2ccccc2OC)C1C. The van der Waals surface area contributed by atoms with Crippen LogP contribution in [0.15, 0.2) is 29.2 Å². The van der Waals surface area contributed by atoms with Gasteiger partial charge in [-0.25, -0.2) is 0 Å². The van der Waals surface area contributed by atoms with Crippen molar-refractivity contribution >= 4 is 11.8 Å². The van der Waals surface area contributed by atoms with Gasteiger partial charge in [0.1, 0.15) is 5.75 Å². The highest BCUT2D eigenvalue weighted by atomic mass is 32.2. The number of hydrogen-bond donors (Lipinski definition) is 1. The number of methoxy groups -OCH3 is 1. The van der Waals surface area contributed by atoms with E-state index in [-0.39, 0.29) is 0 Å². The van der Waals surface area contributed by atoms with Gasteiger partial charge in [-0.3, -0.25) is 0 Å². The Kier molecular flexibility index (Phi) is 5.59. The first-order chi connectivity index (χ1) is 9.26. The van der Waals surface area contributed by atoms with Crippen LogP contribution in [0.2, 0.25) is 0 Å². The molecule has 0 amide bonds. The third-order valence-electron chi connectivity index (χ3n) is 3.99. The van der Waals surface area contributed by atoms with E-state index >= 15 is 0 Å². The molecule has 1 aliphatic carbocycles. The molecule has 2 rings (SSSR count). The summed E-state index contributed by atoms with van der Waals surface area (Å²) in [4.78, 5) is 1.28. The average Bonchev–Trinajstić information content (AvgIpc) is 2.78. The van der Waals surface area contributed by atoms with Gasteiger partial charge >= 0.3 is 0 Å². The van der Waals surface area contributed by atoms with Crippen molar-refractivity contribution in [3.63, 3.8) is 0 Å². The van der Waals surface area contributed by atoms with Crippen molar-refractivity contribution in [2.24, 2.45) is 5.92 Å². The summed E-state index contributed by atoms with van der Waals surface area (Å²) in [7, 11) is 1.75. The molecule has 1 fully saturated rings. The van der Waals surface area contributed by atoms with E-state index in [1.54, 1.807) is 7.11 Å². The molecule has 1 saturated carbocycles. The zero-order valence-corrected chi connectivity index (χ0v) is 13.0. The highest BCUT2D eigenvalue weighted by Gasteiger charge is 2.33. The summed E-state index contributed by atoms with van der Waals surface area (Å²) >= 11 is 1.98. The molecule has 3 unspecified atom stereocenters. The van der Waals surface area contributed by atoms with E-state index in [0.29, 0.717) is 11.3 Å². The van der Waals surface area contributed by atoms with E-state index < -0.39 is 0 Å². The fraction of sp³-hybridized carbons (Fsp3) is 0.625. The lowest BCUT2D eigenvalue weighted by molar-refractivity contribution is 0.404. The van der Waals surface area contributed by atoms with Crippen LogP contribution in [0, 0.1) is 5.92 Å². The zero-order chi connectivity index (χ0) is 13.7. The van der Waals surface area contributed by atoms with E-state index in [4.69, 9.17) is 4.74 Å². The third kappa shape index (κ3) is 3.67. The molecule has 0 aromatic heterocycles. The molecule has 0 aliphatic heterocycles. The molecule has 1 aromatic rings. The van der Waals surface area contributed by atoms with Gasteiger partial charge in [-0.05, 0) is 43.9 Å². The highest BCUT2D eigenvalue weighted by molar-refractivity contribution is 8.00. The van der Waals surface area contributed by atoms with Crippen molar-refractivity contribution in [1.82, 2.24) is 5.32 Å². The molecule has 3 atom stereocenters. The molecule has 19 heavy (non-hydrogen) atoms. The molecule has 106 valence electrons. The van der Waals surface area contributed by atoms with Gasteiger partial charge in [0.25, 0.3) is 0 Å². The molecule has 1 aromatic carbocycles. The Morgan fingerprint density at radius 3 is 2.84 bits per heavy atom. The summed E-state index contributed by atoms with van der Waals surface area (Å²) < 4.78 is 5.45. The minimum Gasteiger partial charge on any atom is -0.496 e. The van der Waals surface area contributed by atoms with Gasteiger partial charge in [0.05, 0.1) is 7.11 Å². The number of thioether (sulfide) groups is 1. The van der Waals surface area contributed by atoms with Crippen molar-refractivity contribution in [3.05, 3.63) is 24.3 Å². The maximum absolute atomic E-state index is 5.45. The summed E-state index contributed by atoms with van der Waals surface area (Å²) in [5.41, 5.74) is 0. The molecule has 1 N–H and O–H groups in total. The normalized spacial score (nSPS) is 26.6. The van der Waals surface area contributed by atoms with E-state index in [9.17, 15) is 0 Å². The van der Waals surface area contributed by atoms with Gasteiger partial charge in [0.2, 0.25) is 0 Å². The Labute approximate surface area is 121 Å². The predicted molar refractivity (Wildman–Crippen MR) is 83.1 cm³/mol. The van der Waals surface area contributed by atoms with Crippen LogP contribution in [0.1, 0.15) is 33.1 Å². The molecule has 0 heterocycles. The monoisotopic (exact) mass is 279 g/mol. The van der Waals surface area contributed by atoms with Gasteiger partial charge < -0.3 is 10.1 Å². The number of nitrogens with one attached hydrogen (secondary N) is 1. The lowest BCUT2D eigenvalue weighted by Crippen LogP contribution is -2.33. The molecule has 0 bridgehead atoms. The van der Waals surface area contributed by atoms with E-state index in [2.05, 4.69) is 37.4 Å². The topological polar surface area (TPSA) is 21.3 Å². The maximum Gasteiger partial charge on any atom is 0.132 e. The second kappa shape index (κ2) is 7.20. The van der Waals surface area contributed by atoms with Gasteiger partial charge in [-0.1, -0.05) is 26.0 Å². The lowest BCUT2D eigenvalue weighted by atomic mass is 10.1. The van der Waals surface area contributed by atoms with Crippen molar-refractivity contribution in [2.75, 3.05) is 13.7 Å². The Balaban J connectivity index is 1.96. The fourth-order valence-corrected chi connectivity index (χ4v) is 4.20. The molecule has 0 radical (unpaired) electrons. The van der Waals surface area contributed by atoms with E-state index in [1.807, 2.05) is 17.8 Å². The van der Waals surface area contributed by atoms with E-state index in [1.165, 1.54) is 24.2 Å². The number of ether oxygens (including phenoxy) is 1. The second-order valence-corrected chi connectivity index (χ2v) is 6.59. The Bertz CT molecular complexity index is 396. The van der Waals surface area contributed by atoms with E-state index in [0.717, 1.165) is 18.2 Å². The minimum absolute atomic E-state index is 0.687. The van der Waals surface area contributed by atoms with Gasteiger partial charge in [0.15, 0.2) is 0 Å². The second-order valence-electron chi connectivity index (χ2n) is 5.30. The third-order valence-corrected chi connectivity index (χ3v) is 5.55. The van der Waals surface area contributed by atoms with Crippen molar-refractivity contribution < 1.29 is 4.74 Å².